The van der Waals surface area contributed by atoms with Gasteiger partial charge in [-0.05, 0) is 30.3 Å². The summed E-state index contributed by atoms with van der Waals surface area (Å²) < 4.78 is 15.7. The Bertz CT molecular complexity index is 858. The maximum atomic E-state index is 12.1. The molecule has 24 heavy (non-hydrogen) atoms. The van der Waals surface area contributed by atoms with Crippen LogP contribution < -0.4 is 9.47 Å². The van der Waals surface area contributed by atoms with Crippen molar-refractivity contribution in [1.29, 1.82) is 0 Å². The van der Waals surface area contributed by atoms with Crippen LogP contribution in [0.15, 0.2) is 53.2 Å². The van der Waals surface area contributed by atoms with E-state index in [-0.39, 0.29) is 11.6 Å². The fourth-order valence-electron chi connectivity index (χ4n) is 2.24. The molecule has 1 heterocycles. The van der Waals surface area contributed by atoms with Crippen molar-refractivity contribution < 1.29 is 19.0 Å². The minimum absolute atomic E-state index is 0.174. The molecular weight excluding hydrogens is 330 g/mol. The maximum absolute atomic E-state index is 12.1. The van der Waals surface area contributed by atoms with Crippen molar-refractivity contribution in [3.05, 3.63) is 64.3 Å². The molecule has 0 aliphatic carbocycles. The third kappa shape index (κ3) is 3.12. The van der Waals surface area contributed by atoms with Crippen molar-refractivity contribution >= 4 is 29.5 Å². The van der Waals surface area contributed by atoms with Gasteiger partial charge < -0.3 is 14.2 Å². The Kier molecular flexibility index (Phi) is 4.53. The number of methoxy groups -OCH3 is 2. The van der Waals surface area contributed by atoms with Crippen LogP contribution in [0.3, 0.4) is 0 Å². The lowest BCUT2D eigenvalue weighted by atomic mass is 10.1. The van der Waals surface area contributed by atoms with E-state index in [0.29, 0.717) is 27.6 Å². The minimum atomic E-state index is -0.539. The Morgan fingerprint density at radius 1 is 1.12 bits per heavy atom. The lowest BCUT2D eigenvalue weighted by Gasteiger charge is -2.07. The topological polar surface area (TPSA) is 57.1 Å². The van der Waals surface area contributed by atoms with Crippen molar-refractivity contribution in [3.8, 4) is 11.5 Å². The number of rotatable bonds is 4. The highest BCUT2D eigenvalue weighted by atomic mass is 35.5. The summed E-state index contributed by atoms with van der Waals surface area (Å²) in [4.78, 5) is 16.3. The molecule has 0 aromatic heterocycles. The zero-order chi connectivity index (χ0) is 17.1. The summed E-state index contributed by atoms with van der Waals surface area (Å²) in [6.07, 6.45) is 1.60. The Hall–Kier alpha value is -2.79. The smallest absolute Gasteiger partial charge is 0.363 e. The quantitative estimate of drug-likeness (QED) is 0.627. The second kappa shape index (κ2) is 6.76. The van der Waals surface area contributed by atoms with E-state index in [4.69, 9.17) is 25.8 Å². The number of halogens is 1. The van der Waals surface area contributed by atoms with Gasteiger partial charge in [-0.25, -0.2) is 9.79 Å². The van der Waals surface area contributed by atoms with Crippen molar-refractivity contribution in [2.75, 3.05) is 14.2 Å². The Labute approximate surface area is 144 Å². The molecule has 0 saturated heterocycles. The number of aliphatic imine (C=N–C) groups is 1. The first-order valence-corrected chi connectivity index (χ1v) is 7.49. The summed E-state index contributed by atoms with van der Waals surface area (Å²) in [5.74, 6) is 0.867. The molecule has 5 nitrogen and oxygen atoms in total. The molecular formula is C18H14ClNO4. The number of benzene rings is 2. The minimum Gasteiger partial charge on any atom is -0.497 e. The summed E-state index contributed by atoms with van der Waals surface area (Å²) >= 11 is 6.12. The molecule has 0 unspecified atom stereocenters. The monoisotopic (exact) mass is 343 g/mol. The summed E-state index contributed by atoms with van der Waals surface area (Å²) in [5.41, 5.74) is 1.43. The average Bonchev–Trinajstić information content (AvgIpc) is 2.96. The van der Waals surface area contributed by atoms with Crippen LogP contribution in [-0.4, -0.2) is 26.1 Å². The standard InChI is InChI=1S/C18H14ClNO4/c1-22-12-8-7-11(16(10-12)23-2)9-15-18(21)24-17(20-15)13-5-3-4-6-14(13)19/h3-10H,1-2H3/b15-9-. The number of cyclic esters (lactones) is 1. The van der Waals surface area contributed by atoms with Crippen LogP contribution >= 0.6 is 11.6 Å². The first-order chi connectivity index (χ1) is 11.6. The van der Waals surface area contributed by atoms with E-state index >= 15 is 0 Å². The number of carbonyl (C=O) groups excluding carboxylic acids is 1. The van der Waals surface area contributed by atoms with Gasteiger partial charge in [0.2, 0.25) is 5.90 Å². The largest absolute Gasteiger partial charge is 0.497 e. The van der Waals surface area contributed by atoms with Gasteiger partial charge in [0.05, 0.1) is 24.8 Å². The van der Waals surface area contributed by atoms with E-state index in [1.54, 1.807) is 62.8 Å². The van der Waals surface area contributed by atoms with E-state index in [2.05, 4.69) is 4.99 Å². The van der Waals surface area contributed by atoms with E-state index in [1.165, 1.54) is 0 Å². The van der Waals surface area contributed by atoms with Crippen LogP contribution in [0.1, 0.15) is 11.1 Å². The SMILES string of the molecule is COc1ccc(/C=C2\N=C(c3ccccc3Cl)OC2=O)c(OC)c1. The number of nitrogens with zero attached hydrogens (tertiary/aromatic N) is 1. The van der Waals surface area contributed by atoms with E-state index in [0.717, 1.165) is 0 Å². The summed E-state index contributed by atoms with van der Waals surface area (Å²) in [6.45, 7) is 0. The maximum Gasteiger partial charge on any atom is 0.363 e. The summed E-state index contributed by atoms with van der Waals surface area (Å²) in [5, 5.41) is 0.465. The molecule has 6 heteroatoms. The predicted molar refractivity (Wildman–Crippen MR) is 91.6 cm³/mol. The van der Waals surface area contributed by atoms with Crippen LogP contribution in [0.2, 0.25) is 5.02 Å². The van der Waals surface area contributed by atoms with Gasteiger partial charge in [0.25, 0.3) is 0 Å². The zero-order valence-corrected chi connectivity index (χ0v) is 13.8. The third-order valence-corrected chi connectivity index (χ3v) is 3.79. The van der Waals surface area contributed by atoms with E-state index < -0.39 is 5.97 Å². The number of esters is 1. The number of hydrogen-bond donors (Lipinski definition) is 0. The lowest BCUT2D eigenvalue weighted by Crippen LogP contribution is -2.05. The Balaban J connectivity index is 1.99. The van der Waals surface area contributed by atoms with Crippen LogP contribution in [0.4, 0.5) is 0 Å². The van der Waals surface area contributed by atoms with E-state index in [9.17, 15) is 4.79 Å². The molecule has 122 valence electrons. The third-order valence-electron chi connectivity index (χ3n) is 3.46. The fourth-order valence-corrected chi connectivity index (χ4v) is 2.46. The molecule has 2 aromatic carbocycles. The molecule has 0 radical (unpaired) electrons. The zero-order valence-electron chi connectivity index (χ0n) is 13.1. The fraction of sp³-hybridized carbons (Fsp3) is 0.111. The van der Waals surface area contributed by atoms with Crippen LogP contribution in [0.25, 0.3) is 6.08 Å². The molecule has 0 fully saturated rings. The van der Waals surface area contributed by atoms with E-state index in [1.807, 2.05) is 0 Å². The molecule has 0 atom stereocenters. The Morgan fingerprint density at radius 2 is 1.92 bits per heavy atom. The van der Waals surface area contributed by atoms with Crippen LogP contribution in [0, 0.1) is 0 Å². The summed E-state index contributed by atoms with van der Waals surface area (Å²) in [6, 6.07) is 12.3. The number of hydrogen-bond acceptors (Lipinski definition) is 5. The second-order valence-corrected chi connectivity index (χ2v) is 5.33. The molecule has 0 bridgehead atoms. The Morgan fingerprint density at radius 3 is 2.62 bits per heavy atom. The van der Waals surface area contributed by atoms with Gasteiger partial charge in [-0.3, -0.25) is 0 Å². The van der Waals surface area contributed by atoms with Crippen molar-refractivity contribution in [3.63, 3.8) is 0 Å². The van der Waals surface area contributed by atoms with Gasteiger partial charge in [0.1, 0.15) is 11.5 Å². The molecule has 2 aromatic rings. The molecule has 1 aliphatic rings. The molecule has 0 saturated carbocycles. The van der Waals surface area contributed by atoms with Gasteiger partial charge in [-0.2, -0.15) is 0 Å². The van der Waals surface area contributed by atoms with Gasteiger partial charge in [0, 0.05) is 11.6 Å². The number of ether oxygens (including phenoxy) is 3. The normalized spacial score (nSPS) is 15.2. The lowest BCUT2D eigenvalue weighted by molar-refractivity contribution is -0.129. The van der Waals surface area contributed by atoms with Crippen LogP contribution in [-0.2, 0) is 9.53 Å². The molecule has 0 N–H and O–H groups in total. The molecule has 3 rings (SSSR count). The summed E-state index contributed by atoms with van der Waals surface area (Å²) in [7, 11) is 3.11. The highest BCUT2D eigenvalue weighted by molar-refractivity contribution is 6.34. The van der Waals surface area contributed by atoms with Gasteiger partial charge in [0.15, 0.2) is 5.70 Å². The van der Waals surface area contributed by atoms with Gasteiger partial charge >= 0.3 is 5.97 Å². The predicted octanol–water partition coefficient (Wildman–Crippen LogP) is 3.70. The molecule has 0 amide bonds. The highest BCUT2D eigenvalue weighted by Gasteiger charge is 2.25. The van der Waals surface area contributed by atoms with Gasteiger partial charge in [-0.1, -0.05) is 23.7 Å². The molecule has 1 aliphatic heterocycles. The van der Waals surface area contributed by atoms with Crippen molar-refractivity contribution in [2.24, 2.45) is 4.99 Å². The first kappa shape index (κ1) is 16.1. The average molecular weight is 344 g/mol. The highest BCUT2D eigenvalue weighted by Crippen LogP contribution is 2.29. The second-order valence-electron chi connectivity index (χ2n) is 4.92. The van der Waals surface area contributed by atoms with Gasteiger partial charge in [-0.15, -0.1) is 0 Å². The first-order valence-electron chi connectivity index (χ1n) is 7.12. The number of carbonyl (C=O) groups is 1. The van der Waals surface area contributed by atoms with Crippen molar-refractivity contribution in [2.45, 2.75) is 0 Å². The molecule has 0 spiro atoms. The van der Waals surface area contributed by atoms with Crippen molar-refractivity contribution in [1.82, 2.24) is 0 Å². The van der Waals surface area contributed by atoms with Crippen LogP contribution in [0.5, 0.6) is 11.5 Å².